The van der Waals surface area contributed by atoms with Crippen LogP contribution in [0, 0.1) is 0 Å². The molecule has 21 heavy (non-hydrogen) atoms. The van der Waals surface area contributed by atoms with E-state index in [9.17, 15) is 13.2 Å². The lowest BCUT2D eigenvalue weighted by atomic mass is 9.92. The minimum absolute atomic E-state index is 0.0673. The lowest BCUT2D eigenvalue weighted by Gasteiger charge is -2.14. The highest BCUT2D eigenvalue weighted by atomic mass is 35.5. The van der Waals surface area contributed by atoms with Gasteiger partial charge in [0.1, 0.15) is 5.82 Å². The third kappa shape index (κ3) is 3.12. The van der Waals surface area contributed by atoms with Crippen LogP contribution in [-0.4, -0.2) is 14.8 Å². The summed E-state index contributed by atoms with van der Waals surface area (Å²) in [4.78, 5) is 3.74. The first-order valence-corrected chi connectivity index (χ1v) is 6.47. The van der Waals surface area contributed by atoms with Gasteiger partial charge < -0.3 is 5.73 Å². The van der Waals surface area contributed by atoms with Crippen LogP contribution in [-0.2, 0) is 11.6 Å². The molecule has 0 aliphatic rings. The molecule has 8 heteroatoms. The molecule has 0 aromatic carbocycles. The predicted octanol–water partition coefficient (Wildman–Crippen LogP) is 3.82. The van der Waals surface area contributed by atoms with E-state index in [0.29, 0.717) is 11.9 Å². The van der Waals surface area contributed by atoms with E-state index in [1.54, 1.807) is 6.07 Å². The van der Waals surface area contributed by atoms with Crippen LogP contribution >= 0.6 is 11.6 Å². The fourth-order valence-corrected chi connectivity index (χ4v) is 1.92. The number of nitrogens with zero attached hydrogens (tertiary/aromatic N) is 3. The second kappa shape index (κ2) is 4.91. The van der Waals surface area contributed by atoms with Crippen molar-refractivity contribution in [3.8, 4) is 5.82 Å². The minimum Gasteiger partial charge on any atom is -0.384 e. The highest BCUT2D eigenvalue weighted by Gasteiger charge is 2.32. The van der Waals surface area contributed by atoms with Gasteiger partial charge in [0.05, 0.1) is 16.3 Å². The maximum atomic E-state index is 12.6. The number of nitrogens with two attached hydrogens (primary N) is 1. The topological polar surface area (TPSA) is 56.7 Å². The highest BCUT2D eigenvalue weighted by molar-refractivity contribution is 6.32. The van der Waals surface area contributed by atoms with Gasteiger partial charge in [0, 0.05) is 17.7 Å². The minimum atomic E-state index is -4.50. The molecule has 2 rings (SSSR count). The summed E-state index contributed by atoms with van der Waals surface area (Å²) in [5.74, 6) is 0.326. The van der Waals surface area contributed by atoms with E-state index in [0.717, 1.165) is 6.07 Å². The first-order valence-electron chi connectivity index (χ1n) is 6.09. The van der Waals surface area contributed by atoms with Crippen LogP contribution in [0.5, 0.6) is 0 Å². The Kier molecular flexibility index (Phi) is 3.65. The maximum Gasteiger partial charge on any atom is 0.417 e. The van der Waals surface area contributed by atoms with Crippen LogP contribution in [0.4, 0.5) is 19.0 Å². The highest BCUT2D eigenvalue weighted by Crippen LogP contribution is 2.33. The van der Waals surface area contributed by atoms with E-state index >= 15 is 0 Å². The molecular formula is C13H14ClF3N4. The van der Waals surface area contributed by atoms with Crippen LogP contribution in [0.1, 0.15) is 32.0 Å². The number of nitrogen functional groups attached to an aromatic ring is 1. The predicted molar refractivity (Wildman–Crippen MR) is 74.5 cm³/mol. The fourth-order valence-electron chi connectivity index (χ4n) is 1.67. The third-order valence-corrected chi connectivity index (χ3v) is 3.13. The summed E-state index contributed by atoms with van der Waals surface area (Å²) >= 11 is 5.89. The van der Waals surface area contributed by atoms with Gasteiger partial charge in [0.2, 0.25) is 0 Å². The van der Waals surface area contributed by atoms with E-state index in [1.165, 1.54) is 4.68 Å². The third-order valence-electron chi connectivity index (χ3n) is 2.86. The first-order chi connectivity index (χ1) is 9.50. The Morgan fingerprint density at radius 2 is 1.81 bits per heavy atom. The van der Waals surface area contributed by atoms with Gasteiger partial charge in [-0.1, -0.05) is 32.4 Å². The Labute approximate surface area is 124 Å². The second-order valence-electron chi connectivity index (χ2n) is 5.64. The van der Waals surface area contributed by atoms with Crippen LogP contribution in [0.15, 0.2) is 18.3 Å². The molecule has 0 aliphatic heterocycles. The molecule has 0 radical (unpaired) electrons. The van der Waals surface area contributed by atoms with Crippen molar-refractivity contribution in [2.24, 2.45) is 0 Å². The molecule has 2 heterocycles. The van der Waals surface area contributed by atoms with Gasteiger partial charge in [-0.05, 0) is 6.07 Å². The van der Waals surface area contributed by atoms with Gasteiger partial charge in [-0.15, -0.1) is 0 Å². The average Bonchev–Trinajstić information content (AvgIpc) is 2.70. The molecule has 0 bridgehead atoms. The second-order valence-corrected chi connectivity index (χ2v) is 6.05. The van der Waals surface area contributed by atoms with Gasteiger partial charge in [0.25, 0.3) is 0 Å². The van der Waals surface area contributed by atoms with E-state index in [4.69, 9.17) is 17.3 Å². The zero-order chi connectivity index (χ0) is 16.0. The number of aromatic nitrogens is 3. The molecule has 0 unspecified atom stereocenters. The van der Waals surface area contributed by atoms with Gasteiger partial charge in [-0.25, -0.2) is 4.98 Å². The molecule has 2 aromatic heterocycles. The SMILES string of the molecule is CC(C)(C)c1cc(N)n(-c2ncc(C(F)(F)F)cc2Cl)n1. The molecule has 0 spiro atoms. The number of anilines is 1. The normalized spacial score (nSPS) is 12.7. The summed E-state index contributed by atoms with van der Waals surface area (Å²) in [6, 6.07) is 2.46. The van der Waals surface area contributed by atoms with E-state index in [-0.39, 0.29) is 22.1 Å². The number of hydrogen-bond acceptors (Lipinski definition) is 3. The standard InChI is InChI=1S/C13H14ClF3N4/c1-12(2,3)9-5-10(18)21(20-9)11-8(14)4-7(6-19-11)13(15,16)17/h4-6H,18H2,1-3H3. The largest absolute Gasteiger partial charge is 0.417 e. The molecule has 0 amide bonds. The molecule has 2 N–H and O–H groups in total. The molecule has 2 aromatic rings. The summed E-state index contributed by atoms with van der Waals surface area (Å²) in [5, 5.41) is 4.10. The first kappa shape index (κ1) is 15.6. The van der Waals surface area contributed by atoms with E-state index < -0.39 is 11.7 Å². The molecular weight excluding hydrogens is 305 g/mol. The number of hydrogen-bond donors (Lipinski definition) is 1. The fraction of sp³-hybridized carbons (Fsp3) is 0.385. The molecule has 0 saturated heterocycles. The van der Waals surface area contributed by atoms with Crippen LogP contribution in [0.3, 0.4) is 0 Å². The summed E-state index contributed by atoms with van der Waals surface area (Å²) in [7, 11) is 0. The number of halogens is 4. The van der Waals surface area contributed by atoms with Crippen molar-refractivity contribution in [2.75, 3.05) is 5.73 Å². The lowest BCUT2D eigenvalue weighted by Crippen LogP contribution is -2.13. The zero-order valence-electron chi connectivity index (χ0n) is 11.7. The maximum absolute atomic E-state index is 12.6. The van der Waals surface area contributed by atoms with Crippen molar-refractivity contribution in [1.29, 1.82) is 0 Å². The summed E-state index contributed by atoms with van der Waals surface area (Å²) in [6.07, 6.45) is -3.79. The quantitative estimate of drug-likeness (QED) is 0.869. The summed E-state index contributed by atoms with van der Waals surface area (Å²) in [5.41, 5.74) is 5.36. The Hall–Kier alpha value is -1.76. The van der Waals surface area contributed by atoms with Gasteiger partial charge in [0.15, 0.2) is 5.82 Å². The smallest absolute Gasteiger partial charge is 0.384 e. The Morgan fingerprint density at radius 1 is 1.19 bits per heavy atom. The van der Waals surface area contributed by atoms with Crippen molar-refractivity contribution < 1.29 is 13.2 Å². The molecule has 4 nitrogen and oxygen atoms in total. The van der Waals surface area contributed by atoms with Crippen LogP contribution in [0.2, 0.25) is 5.02 Å². The lowest BCUT2D eigenvalue weighted by molar-refractivity contribution is -0.137. The van der Waals surface area contributed by atoms with Crippen molar-refractivity contribution in [1.82, 2.24) is 14.8 Å². The number of pyridine rings is 1. The molecule has 0 saturated carbocycles. The monoisotopic (exact) mass is 318 g/mol. The average molecular weight is 319 g/mol. The Balaban J connectivity index is 2.51. The van der Waals surface area contributed by atoms with Crippen LogP contribution < -0.4 is 5.73 Å². The van der Waals surface area contributed by atoms with E-state index in [1.807, 2.05) is 20.8 Å². The Morgan fingerprint density at radius 3 is 2.24 bits per heavy atom. The number of rotatable bonds is 1. The summed E-state index contributed by atoms with van der Waals surface area (Å²) < 4.78 is 39.0. The molecule has 114 valence electrons. The molecule has 0 fully saturated rings. The number of alkyl halides is 3. The van der Waals surface area contributed by atoms with Crippen molar-refractivity contribution >= 4 is 17.4 Å². The van der Waals surface area contributed by atoms with Crippen molar-refractivity contribution in [2.45, 2.75) is 32.4 Å². The zero-order valence-corrected chi connectivity index (χ0v) is 12.4. The van der Waals surface area contributed by atoms with Gasteiger partial charge >= 0.3 is 6.18 Å². The van der Waals surface area contributed by atoms with E-state index in [2.05, 4.69) is 10.1 Å². The Bertz CT molecular complexity index is 671. The van der Waals surface area contributed by atoms with Gasteiger partial charge in [-0.3, -0.25) is 0 Å². The van der Waals surface area contributed by atoms with Crippen LogP contribution in [0.25, 0.3) is 5.82 Å². The van der Waals surface area contributed by atoms with Crippen molar-refractivity contribution in [3.63, 3.8) is 0 Å². The summed E-state index contributed by atoms with van der Waals surface area (Å²) in [6.45, 7) is 5.84. The molecule has 0 aliphatic carbocycles. The molecule has 0 atom stereocenters. The van der Waals surface area contributed by atoms with Gasteiger partial charge in [-0.2, -0.15) is 23.0 Å². The van der Waals surface area contributed by atoms with Crippen molar-refractivity contribution in [3.05, 3.63) is 34.6 Å².